The maximum atomic E-state index is 13.1. The number of ether oxygens (including phenoxy) is 1. The maximum absolute atomic E-state index is 13.1. The molecule has 0 aliphatic rings. The molecule has 0 amide bonds. The first kappa shape index (κ1) is 14.7. The molecule has 0 fully saturated rings. The second-order valence-electron chi connectivity index (χ2n) is 4.66. The summed E-state index contributed by atoms with van der Waals surface area (Å²) in [4.78, 5) is 0. The van der Waals surface area contributed by atoms with Crippen LogP contribution in [0.4, 0.5) is 4.39 Å². The van der Waals surface area contributed by atoms with Gasteiger partial charge in [-0.1, -0.05) is 41.9 Å². The first-order valence-corrected chi connectivity index (χ1v) is 7.14. The average molecular weight is 303 g/mol. The molecule has 0 radical (unpaired) electrons. The monoisotopic (exact) mass is 302 g/mol. The van der Waals surface area contributed by atoms with Gasteiger partial charge in [-0.2, -0.15) is 0 Å². The van der Waals surface area contributed by atoms with Crippen LogP contribution in [-0.4, -0.2) is 18.5 Å². The molecular formula is C14H20BrFO. The Labute approximate surface area is 111 Å². The van der Waals surface area contributed by atoms with Crippen molar-refractivity contribution in [1.29, 1.82) is 0 Å². The minimum Gasteiger partial charge on any atom is -0.381 e. The highest BCUT2D eigenvalue weighted by atomic mass is 79.9. The van der Waals surface area contributed by atoms with Gasteiger partial charge < -0.3 is 4.74 Å². The molecule has 0 heterocycles. The highest BCUT2D eigenvalue weighted by Gasteiger charge is 2.10. The van der Waals surface area contributed by atoms with Gasteiger partial charge in [0, 0.05) is 18.5 Å². The van der Waals surface area contributed by atoms with Crippen molar-refractivity contribution in [3.8, 4) is 0 Å². The molecule has 0 N–H and O–H groups in total. The first-order chi connectivity index (χ1) is 8.13. The van der Waals surface area contributed by atoms with Crippen LogP contribution in [-0.2, 0) is 4.74 Å². The van der Waals surface area contributed by atoms with Crippen molar-refractivity contribution in [2.45, 2.75) is 26.2 Å². The molecule has 17 heavy (non-hydrogen) atoms. The highest BCUT2D eigenvalue weighted by Crippen LogP contribution is 2.22. The second-order valence-corrected chi connectivity index (χ2v) is 5.31. The van der Waals surface area contributed by atoms with Gasteiger partial charge in [-0.15, -0.1) is 0 Å². The van der Waals surface area contributed by atoms with E-state index in [1.165, 1.54) is 6.07 Å². The van der Waals surface area contributed by atoms with Crippen LogP contribution in [0.3, 0.4) is 0 Å². The molecule has 1 atom stereocenters. The number of hydrogen-bond donors (Lipinski definition) is 0. The minimum atomic E-state index is -0.170. The molecule has 1 aromatic rings. The van der Waals surface area contributed by atoms with Crippen LogP contribution in [0.15, 0.2) is 24.3 Å². The molecule has 0 saturated carbocycles. The van der Waals surface area contributed by atoms with Gasteiger partial charge >= 0.3 is 0 Å². The summed E-state index contributed by atoms with van der Waals surface area (Å²) in [6, 6.07) is 6.81. The Balaban J connectivity index is 2.43. The van der Waals surface area contributed by atoms with E-state index in [1.54, 1.807) is 12.1 Å². The van der Waals surface area contributed by atoms with Gasteiger partial charge in [-0.05, 0) is 36.0 Å². The third-order valence-electron chi connectivity index (χ3n) is 2.57. The number of benzene rings is 1. The Bertz CT molecular complexity index is 328. The summed E-state index contributed by atoms with van der Waals surface area (Å²) in [6.07, 6.45) is 0.918. The molecule has 3 heteroatoms. The Morgan fingerprint density at radius 2 is 2.12 bits per heavy atom. The maximum Gasteiger partial charge on any atom is 0.123 e. The quantitative estimate of drug-likeness (QED) is 0.537. The van der Waals surface area contributed by atoms with Gasteiger partial charge in [0.15, 0.2) is 0 Å². The van der Waals surface area contributed by atoms with Crippen LogP contribution in [0, 0.1) is 11.7 Å². The highest BCUT2D eigenvalue weighted by molar-refractivity contribution is 9.09. The topological polar surface area (TPSA) is 9.23 Å². The first-order valence-electron chi connectivity index (χ1n) is 6.02. The van der Waals surface area contributed by atoms with E-state index in [0.717, 1.165) is 30.5 Å². The molecule has 1 rings (SSSR count). The van der Waals surface area contributed by atoms with Crippen molar-refractivity contribution in [2.24, 2.45) is 5.92 Å². The number of hydrogen-bond acceptors (Lipinski definition) is 1. The summed E-state index contributed by atoms with van der Waals surface area (Å²) in [7, 11) is 0. The summed E-state index contributed by atoms with van der Waals surface area (Å²) >= 11 is 3.48. The molecule has 0 bridgehead atoms. The zero-order valence-corrected chi connectivity index (χ0v) is 12.0. The molecule has 0 aliphatic heterocycles. The molecule has 1 unspecified atom stereocenters. The average Bonchev–Trinajstić information content (AvgIpc) is 2.29. The van der Waals surface area contributed by atoms with E-state index in [4.69, 9.17) is 4.74 Å². The van der Waals surface area contributed by atoms with Crippen molar-refractivity contribution < 1.29 is 9.13 Å². The predicted molar refractivity (Wildman–Crippen MR) is 73.2 cm³/mol. The molecule has 0 aromatic heterocycles. The van der Waals surface area contributed by atoms with E-state index < -0.39 is 0 Å². The Hall–Kier alpha value is -0.410. The smallest absolute Gasteiger partial charge is 0.123 e. The van der Waals surface area contributed by atoms with Crippen molar-refractivity contribution in [2.75, 3.05) is 18.5 Å². The van der Waals surface area contributed by atoms with Crippen molar-refractivity contribution in [3.05, 3.63) is 35.6 Å². The third kappa shape index (κ3) is 5.64. The molecule has 1 aromatic carbocycles. The van der Waals surface area contributed by atoms with Crippen LogP contribution in [0.2, 0.25) is 0 Å². The Morgan fingerprint density at radius 1 is 1.35 bits per heavy atom. The summed E-state index contributed by atoms with van der Waals surface area (Å²) in [5.41, 5.74) is 1.04. The Morgan fingerprint density at radius 3 is 2.71 bits per heavy atom. The van der Waals surface area contributed by atoms with Gasteiger partial charge in [0.05, 0.1) is 0 Å². The number of rotatable bonds is 7. The van der Waals surface area contributed by atoms with E-state index in [2.05, 4.69) is 29.8 Å². The van der Waals surface area contributed by atoms with Gasteiger partial charge in [-0.25, -0.2) is 4.39 Å². The number of halogens is 2. The zero-order chi connectivity index (χ0) is 12.7. The van der Waals surface area contributed by atoms with Crippen LogP contribution in [0.5, 0.6) is 0 Å². The Kier molecular flexibility index (Phi) is 6.75. The molecule has 0 spiro atoms. The van der Waals surface area contributed by atoms with Gasteiger partial charge in [0.1, 0.15) is 5.82 Å². The standard InChI is InChI=1S/C14H20BrFO/c1-11(2)10-17-7-6-13(9-15)12-4-3-5-14(16)8-12/h3-5,8,11,13H,6-7,9-10H2,1-2H3. The lowest BCUT2D eigenvalue weighted by Gasteiger charge is -2.15. The minimum absolute atomic E-state index is 0.170. The van der Waals surface area contributed by atoms with Gasteiger partial charge in [0.25, 0.3) is 0 Å². The lowest BCUT2D eigenvalue weighted by atomic mass is 9.98. The van der Waals surface area contributed by atoms with Crippen LogP contribution < -0.4 is 0 Å². The molecule has 1 nitrogen and oxygen atoms in total. The van der Waals surface area contributed by atoms with Crippen LogP contribution >= 0.6 is 15.9 Å². The molecule has 96 valence electrons. The summed E-state index contributed by atoms with van der Waals surface area (Å²) in [6.45, 7) is 5.78. The number of alkyl halides is 1. The van der Waals surface area contributed by atoms with Gasteiger partial charge in [0.2, 0.25) is 0 Å². The SMILES string of the molecule is CC(C)COCCC(CBr)c1cccc(F)c1. The van der Waals surface area contributed by atoms with Crippen molar-refractivity contribution in [3.63, 3.8) is 0 Å². The van der Waals surface area contributed by atoms with E-state index in [1.807, 2.05) is 6.07 Å². The van der Waals surface area contributed by atoms with E-state index >= 15 is 0 Å². The fourth-order valence-corrected chi connectivity index (χ4v) is 2.34. The fraction of sp³-hybridized carbons (Fsp3) is 0.571. The lowest BCUT2D eigenvalue weighted by Crippen LogP contribution is -2.08. The van der Waals surface area contributed by atoms with Crippen molar-refractivity contribution >= 4 is 15.9 Å². The zero-order valence-electron chi connectivity index (χ0n) is 10.5. The largest absolute Gasteiger partial charge is 0.381 e. The molecular weight excluding hydrogens is 283 g/mol. The summed E-state index contributed by atoms with van der Waals surface area (Å²) in [5.74, 6) is 0.709. The molecule has 0 saturated heterocycles. The van der Waals surface area contributed by atoms with E-state index in [0.29, 0.717) is 11.8 Å². The normalized spacial score (nSPS) is 13.0. The lowest BCUT2D eigenvalue weighted by molar-refractivity contribution is 0.105. The van der Waals surface area contributed by atoms with Crippen molar-refractivity contribution in [1.82, 2.24) is 0 Å². The van der Waals surface area contributed by atoms with Gasteiger partial charge in [-0.3, -0.25) is 0 Å². The molecule has 0 aliphatic carbocycles. The second kappa shape index (κ2) is 7.83. The third-order valence-corrected chi connectivity index (χ3v) is 3.35. The fourth-order valence-electron chi connectivity index (χ4n) is 1.64. The summed E-state index contributed by atoms with van der Waals surface area (Å²) < 4.78 is 18.7. The van der Waals surface area contributed by atoms with E-state index in [-0.39, 0.29) is 5.82 Å². The summed E-state index contributed by atoms with van der Waals surface area (Å²) in [5, 5.41) is 0.835. The predicted octanol–water partition coefficient (Wildman–Crippen LogP) is 4.37. The van der Waals surface area contributed by atoms with Crippen LogP contribution in [0.1, 0.15) is 31.7 Å². The van der Waals surface area contributed by atoms with Crippen LogP contribution in [0.25, 0.3) is 0 Å². The van der Waals surface area contributed by atoms with E-state index in [9.17, 15) is 4.39 Å².